The average Bonchev–Trinajstić information content (AvgIpc) is 2.84. The van der Waals surface area contributed by atoms with Gasteiger partial charge in [-0.25, -0.2) is 0 Å². The van der Waals surface area contributed by atoms with Crippen LogP contribution in [-0.4, -0.2) is 42.1 Å². The molecule has 1 amide bonds. The van der Waals surface area contributed by atoms with E-state index in [2.05, 4.69) is 17.1 Å². The number of para-hydroxylation sites is 1. The van der Waals surface area contributed by atoms with Crippen molar-refractivity contribution in [3.63, 3.8) is 0 Å². The van der Waals surface area contributed by atoms with Crippen LogP contribution in [0, 0.1) is 0 Å². The molecular formula is C15H19N3O2. The van der Waals surface area contributed by atoms with Gasteiger partial charge < -0.3 is 20.4 Å². The highest BCUT2D eigenvalue weighted by Gasteiger charge is 2.26. The Morgan fingerprint density at radius 3 is 3.10 bits per heavy atom. The highest BCUT2D eigenvalue weighted by molar-refractivity contribution is 5.87. The van der Waals surface area contributed by atoms with Crippen LogP contribution in [0.4, 0.5) is 0 Å². The summed E-state index contributed by atoms with van der Waals surface area (Å²) >= 11 is 0. The largest absolute Gasteiger partial charge is 0.383 e. The number of methoxy groups -OCH3 is 1. The van der Waals surface area contributed by atoms with Gasteiger partial charge in [-0.1, -0.05) is 18.2 Å². The van der Waals surface area contributed by atoms with Gasteiger partial charge in [0, 0.05) is 48.8 Å². The molecule has 1 aliphatic heterocycles. The molecule has 2 heterocycles. The zero-order valence-corrected chi connectivity index (χ0v) is 11.6. The number of amides is 1. The van der Waals surface area contributed by atoms with Crippen molar-refractivity contribution in [3.8, 4) is 0 Å². The molecule has 0 saturated heterocycles. The van der Waals surface area contributed by atoms with Crippen molar-refractivity contribution in [2.24, 2.45) is 5.73 Å². The summed E-state index contributed by atoms with van der Waals surface area (Å²) in [6, 6.07) is 7.62. The molecule has 20 heavy (non-hydrogen) atoms. The number of rotatable bonds is 3. The van der Waals surface area contributed by atoms with Crippen LogP contribution in [0.2, 0.25) is 0 Å². The second-order valence-corrected chi connectivity index (χ2v) is 5.20. The van der Waals surface area contributed by atoms with Crippen molar-refractivity contribution in [1.29, 1.82) is 0 Å². The standard InChI is InChI=1S/C15H19N3O2/c1-20-9-12(16)15(19)18-7-6-14-11(8-18)10-4-2-3-5-13(10)17-14/h2-5,12,17H,6-9,16H2,1H3. The van der Waals surface area contributed by atoms with Gasteiger partial charge >= 0.3 is 0 Å². The molecule has 1 aromatic heterocycles. The molecule has 0 saturated carbocycles. The number of nitrogens with one attached hydrogen (secondary N) is 1. The lowest BCUT2D eigenvalue weighted by Crippen LogP contribution is -2.47. The number of H-pyrrole nitrogens is 1. The smallest absolute Gasteiger partial charge is 0.242 e. The second kappa shape index (κ2) is 5.26. The van der Waals surface area contributed by atoms with Crippen LogP contribution in [0.15, 0.2) is 24.3 Å². The Hall–Kier alpha value is -1.85. The summed E-state index contributed by atoms with van der Waals surface area (Å²) < 4.78 is 4.96. The van der Waals surface area contributed by atoms with Crippen LogP contribution >= 0.6 is 0 Å². The van der Waals surface area contributed by atoms with Gasteiger partial charge in [-0.05, 0) is 6.07 Å². The van der Waals surface area contributed by atoms with Crippen LogP contribution in [0.5, 0.6) is 0 Å². The molecule has 5 heteroatoms. The van der Waals surface area contributed by atoms with Crippen molar-refractivity contribution in [2.75, 3.05) is 20.3 Å². The first-order valence-electron chi connectivity index (χ1n) is 6.82. The van der Waals surface area contributed by atoms with E-state index in [4.69, 9.17) is 10.5 Å². The maximum Gasteiger partial charge on any atom is 0.242 e. The Labute approximate surface area is 117 Å². The van der Waals surface area contributed by atoms with E-state index < -0.39 is 6.04 Å². The van der Waals surface area contributed by atoms with E-state index in [1.165, 1.54) is 16.6 Å². The Kier molecular flexibility index (Phi) is 3.46. The van der Waals surface area contributed by atoms with E-state index in [9.17, 15) is 4.79 Å². The minimum atomic E-state index is -0.577. The lowest BCUT2D eigenvalue weighted by molar-refractivity contribution is -0.134. The summed E-state index contributed by atoms with van der Waals surface area (Å²) in [6.45, 7) is 1.59. The van der Waals surface area contributed by atoms with Crippen LogP contribution in [0.3, 0.4) is 0 Å². The summed E-state index contributed by atoms with van der Waals surface area (Å²) in [7, 11) is 1.56. The van der Waals surface area contributed by atoms with Gasteiger partial charge in [0.25, 0.3) is 0 Å². The highest BCUT2D eigenvalue weighted by Crippen LogP contribution is 2.27. The number of carbonyl (C=O) groups is 1. The summed E-state index contributed by atoms with van der Waals surface area (Å²) in [4.78, 5) is 17.5. The first-order valence-corrected chi connectivity index (χ1v) is 6.82. The third-order valence-electron chi connectivity index (χ3n) is 3.86. The molecular weight excluding hydrogens is 254 g/mol. The van der Waals surface area contributed by atoms with E-state index in [1.807, 2.05) is 17.0 Å². The molecule has 2 aromatic rings. The predicted octanol–water partition coefficient (Wildman–Crippen LogP) is 1.03. The number of benzene rings is 1. The number of aromatic amines is 1. The van der Waals surface area contributed by atoms with Crippen LogP contribution in [0.25, 0.3) is 10.9 Å². The minimum Gasteiger partial charge on any atom is -0.383 e. The summed E-state index contributed by atoms with van der Waals surface area (Å²) in [5, 5.41) is 1.19. The number of carbonyl (C=O) groups excluding carboxylic acids is 1. The lowest BCUT2D eigenvalue weighted by atomic mass is 10.0. The van der Waals surface area contributed by atoms with Crippen molar-refractivity contribution in [2.45, 2.75) is 19.0 Å². The Bertz CT molecular complexity index is 635. The molecule has 5 nitrogen and oxygen atoms in total. The molecule has 3 rings (SSSR count). The SMILES string of the molecule is COCC(N)C(=O)N1CCc2[nH]c3ccccc3c2C1. The van der Waals surface area contributed by atoms with E-state index in [0.29, 0.717) is 13.1 Å². The molecule has 1 aromatic carbocycles. The molecule has 0 radical (unpaired) electrons. The maximum atomic E-state index is 12.3. The van der Waals surface area contributed by atoms with Gasteiger partial charge in [0.15, 0.2) is 0 Å². The molecule has 1 unspecified atom stereocenters. The van der Waals surface area contributed by atoms with Crippen molar-refractivity contribution >= 4 is 16.8 Å². The van der Waals surface area contributed by atoms with Crippen LogP contribution in [-0.2, 0) is 22.5 Å². The molecule has 0 aliphatic carbocycles. The monoisotopic (exact) mass is 273 g/mol. The van der Waals surface area contributed by atoms with Gasteiger partial charge in [-0.15, -0.1) is 0 Å². The Morgan fingerprint density at radius 2 is 2.30 bits per heavy atom. The minimum absolute atomic E-state index is 0.0391. The summed E-state index contributed by atoms with van der Waals surface area (Å²) in [5.74, 6) is -0.0391. The van der Waals surface area contributed by atoms with E-state index in [-0.39, 0.29) is 12.5 Å². The predicted molar refractivity (Wildman–Crippen MR) is 77.3 cm³/mol. The number of nitrogens with zero attached hydrogens (tertiary/aromatic N) is 1. The fourth-order valence-electron chi connectivity index (χ4n) is 2.84. The zero-order valence-electron chi connectivity index (χ0n) is 11.6. The topological polar surface area (TPSA) is 71.3 Å². The zero-order chi connectivity index (χ0) is 14.1. The van der Waals surface area contributed by atoms with Gasteiger partial charge in [-0.2, -0.15) is 0 Å². The average molecular weight is 273 g/mol. The number of aromatic nitrogens is 1. The van der Waals surface area contributed by atoms with Crippen LogP contribution < -0.4 is 5.73 Å². The number of nitrogens with two attached hydrogens (primary N) is 1. The number of hydrogen-bond acceptors (Lipinski definition) is 3. The molecule has 1 aliphatic rings. The van der Waals surface area contributed by atoms with Crippen LogP contribution in [0.1, 0.15) is 11.3 Å². The third kappa shape index (κ3) is 2.19. The number of hydrogen-bond donors (Lipinski definition) is 2. The molecule has 3 N–H and O–H groups in total. The van der Waals surface area contributed by atoms with Gasteiger partial charge in [0.1, 0.15) is 6.04 Å². The highest BCUT2D eigenvalue weighted by atomic mass is 16.5. The number of fused-ring (bicyclic) bond motifs is 3. The molecule has 0 spiro atoms. The lowest BCUT2D eigenvalue weighted by Gasteiger charge is -2.29. The molecule has 0 bridgehead atoms. The van der Waals surface area contributed by atoms with Crippen molar-refractivity contribution < 1.29 is 9.53 Å². The van der Waals surface area contributed by atoms with Crippen molar-refractivity contribution in [1.82, 2.24) is 9.88 Å². The van der Waals surface area contributed by atoms with E-state index in [0.717, 1.165) is 11.9 Å². The first kappa shape index (κ1) is 13.1. The quantitative estimate of drug-likeness (QED) is 0.877. The fourth-order valence-corrected chi connectivity index (χ4v) is 2.84. The first-order chi connectivity index (χ1) is 9.70. The second-order valence-electron chi connectivity index (χ2n) is 5.20. The molecule has 106 valence electrons. The normalized spacial score (nSPS) is 16.2. The molecule has 0 fully saturated rings. The number of ether oxygens (including phenoxy) is 1. The van der Waals surface area contributed by atoms with Gasteiger partial charge in [0.05, 0.1) is 6.61 Å². The Balaban J connectivity index is 1.86. The fraction of sp³-hybridized carbons (Fsp3) is 0.400. The summed E-state index contributed by atoms with van der Waals surface area (Å²) in [6.07, 6.45) is 0.843. The van der Waals surface area contributed by atoms with Gasteiger partial charge in [0.2, 0.25) is 5.91 Å². The van der Waals surface area contributed by atoms with E-state index >= 15 is 0 Å². The van der Waals surface area contributed by atoms with Gasteiger partial charge in [-0.3, -0.25) is 4.79 Å². The maximum absolute atomic E-state index is 12.3. The third-order valence-corrected chi connectivity index (χ3v) is 3.86. The van der Waals surface area contributed by atoms with E-state index in [1.54, 1.807) is 7.11 Å². The van der Waals surface area contributed by atoms with Crippen molar-refractivity contribution in [3.05, 3.63) is 35.5 Å². The molecule has 1 atom stereocenters. The summed E-state index contributed by atoms with van der Waals surface area (Å²) in [5.41, 5.74) is 9.42. The Morgan fingerprint density at radius 1 is 1.50 bits per heavy atom.